The van der Waals surface area contributed by atoms with Gasteiger partial charge in [-0.3, -0.25) is 4.90 Å². The van der Waals surface area contributed by atoms with Gasteiger partial charge in [0.05, 0.1) is 13.2 Å². The lowest BCUT2D eigenvalue weighted by Crippen LogP contribution is -2.53. The number of likely N-dealkylation sites (N-methyl/N-ethyl adjacent to an activating group) is 1. The van der Waals surface area contributed by atoms with E-state index in [1.807, 2.05) is 13.8 Å². The summed E-state index contributed by atoms with van der Waals surface area (Å²) in [6, 6.07) is 4.83. The fraction of sp³-hybridized carbons (Fsp3) is 0.625. The highest BCUT2D eigenvalue weighted by Gasteiger charge is 2.32. The normalized spacial score (nSPS) is 13.6. The van der Waals surface area contributed by atoms with Gasteiger partial charge in [-0.1, -0.05) is 19.9 Å². The lowest BCUT2D eigenvalue weighted by molar-refractivity contribution is -0.00418. The minimum absolute atomic E-state index is 0.228. The van der Waals surface area contributed by atoms with Crippen LogP contribution in [0.25, 0.3) is 0 Å². The molecule has 1 rings (SSSR count). The van der Waals surface area contributed by atoms with E-state index in [0.717, 1.165) is 18.7 Å². The van der Waals surface area contributed by atoms with Crippen LogP contribution in [-0.4, -0.2) is 41.8 Å². The molecule has 0 aliphatic carbocycles. The van der Waals surface area contributed by atoms with Crippen LogP contribution in [0, 0.1) is 5.82 Å². The van der Waals surface area contributed by atoms with E-state index >= 15 is 0 Å². The predicted molar refractivity (Wildman–Crippen MR) is 79.7 cm³/mol. The molecule has 0 radical (unpaired) electrons. The van der Waals surface area contributed by atoms with Crippen LogP contribution in [0.2, 0.25) is 0 Å². The molecular formula is C16H26FNO2. The molecule has 1 atom stereocenters. The van der Waals surface area contributed by atoms with Crippen molar-refractivity contribution in [2.45, 2.75) is 45.8 Å². The van der Waals surface area contributed by atoms with Gasteiger partial charge in [0.25, 0.3) is 0 Å². The Balaban J connectivity index is 2.84. The molecule has 3 nitrogen and oxygen atoms in total. The van der Waals surface area contributed by atoms with Gasteiger partial charge in [-0.15, -0.1) is 0 Å². The van der Waals surface area contributed by atoms with E-state index in [1.54, 1.807) is 12.1 Å². The second-order valence-corrected chi connectivity index (χ2v) is 5.51. The van der Waals surface area contributed by atoms with Gasteiger partial charge in [0, 0.05) is 12.0 Å². The second kappa shape index (κ2) is 7.04. The maximum atomic E-state index is 13.7. The molecule has 0 aromatic heterocycles. The third-order valence-corrected chi connectivity index (χ3v) is 4.04. The zero-order valence-electron chi connectivity index (χ0n) is 13.1. The van der Waals surface area contributed by atoms with Crippen molar-refractivity contribution in [1.29, 1.82) is 0 Å². The molecule has 1 N–H and O–H groups in total. The van der Waals surface area contributed by atoms with Crippen molar-refractivity contribution in [2.75, 3.05) is 20.2 Å². The largest absolute Gasteiger partial charge is 0.494 e. The third kappa shape index (κ3) is 3.70. The van der Waals surface area contributed by atoms with Gasteiger partial charge in [-0.25, -0.2) is 4.39 Å². The van der Waals surface area contributed by atoms with Gasteiger partial charge in [0.2, 0.25) is 0 Å². The van der Waals surface area contributed by atoms with Crippen molar-refractivity contribution < 1.29 is 14.2 Å². The quantitative estimate of drug-likeness (QED) is 0.835. The first-order chi connectivity index (χ1) is 9.36. The number of ether oxygens (including phenoxy) is 1. The highest BCUT2D eigenvalue weighted by Crippen LogP contribution is 2.24. The number of benzene rings is 1. The fourth-order valence-electron chi connectivity index (χ4n) is 2.56. The van der Waals surface area contributed by atoms with Gasteiger partial charge in [-0.2, -0.15) is 0 Å². The van der Waals surface area contributed by atoms with E-state index in [0.29, 0.717) is 6.42 Å². The maximum absolute atomic E-state index is 13.7. The molecule has 0 amide bonds. The average molecular weight is 283 g/mol. The van der Waals surface area contributed by atoms with Crippen LogP contribution in [0.1, 0.15) is 33.3 Å². The van der Waals surface area contributed by atoms with Crippen LogP contribution in [0.5, 0.6) is 5.75 Å². The van der Waals surface area contributed by atoms with Gasteiger partial charge < -0.3 is 9.84 Å². The molecule has 0 heterocycles. The number of methoxy groups -OCH3 is 1. The Kier molecular flexibility index (Phi) is 5.96. The molecule has 1 aromatic carbocycles. The van der Waals surface area contributed by atoms with Gasteiger partial charge in [-0.05, 0) is 44.6 Å². The smallest absolute Gasteiger partial charge is 0.165 e. The number of aliphatic hydroxyl groups excluding tert-OH is 1. The second-order valence-electron chi connectivity index (χ2n) is 5.51. The molecular weight excluding hydrogens is 257 g/mol. The van der Waals surface area contributed by atoms with Gasteiger partial charge in [0.1, 0.15) is 0 Å². The molecule has 0 aliphatic rings. The van der Waals surface area contributed by atoms with E-state index in [4.69, 9.17) is 4.74 Å². The molecule has 0 bridgehead atoms. The predicted octanol–water partition coefficient (Wildman–Crippen LogP) is 2.86. The van der Waals surface area contributed by atoms with Crippen molar-refractivity contribution in [3.05, 3.63) is 29.6 Å². The summed E-state index contributed by atoms with van der Waals surface area (Å²) in [5, 5.41) is 10.5. The molecule has 20 heavy (non-hydrogen) atoms. The Bertz CT molecular complexity index is 430. The molecule has 0 spiro atoms. The fourth-order valence-corrected chi connectivity index (χ4v) is 2.56. The van der Waals surface area contributed by atoms with Crippen LogP contribution in [0.3, 0.4) is 0 Å². The first-order valence-electron chi connectivity index (χ1n) is 7.12. The zero-order chi connectivity index (χ0) is 15.3. The zero-order valence-corrected chi connectivity index (χ0v) is 13.1. The Morgan fingerprint density at radius 3 is 2.35 bits per heavy atom. The molecule has 1 unspecified atom stereocenters. The average Bonchev–Trinajstić information content (AvgIpc) is 2.40. The van der Waals surface area contributed by atoms with E-state index < -0.39 is 11.9 Å². The van der Waals surface area contributed by atoms with E-state index in [9.17, 15) is 9.50 Å². The van der Waals surface area contributed by atoms with Gasteiger partial charge >= 0.3 is 0 Å². The van der Waals surface area contributed by atoms with Crippen LogP contribution in [0.15, 0.2) is 18.2 Å². The standard InChI is InChI=1S/C16H26FNO2/c1-6-18(7-2)16(3,4)15(19)11-12-8-9-14(20-5)13(17)10-12/h8-10,15,19H,6-7,11H2,1-5H3. The number of hydrogen-bond donors (Lipinski definition) is 1. The van der Waals surface area contributed by atoms with Crippen molar-refractivity contribution >= 4 is 0 Å². The number of rotatable bonds is 7. The number of hydrogen-bond acceptors (Lipinski definition) is 3. The molecule has 1 aromatic rings. The van der Waals surface area contributed by atoms with E-state index in [1.165, 1.54) is 13.2 Å². The van der Waals surface area contributed by atoms with Crippen LogP contribution in [0.4, 0.5) is 4.39 Å². The minimum Gasteiger partial charge on any atom is -0.494 e. The molecule has 114 valence electrons. The number of aliphatic hydroxyl groups is 1. The van der Waals surface area contributed by atoms with Crippen molar-refractivity contribution in [3.8, 4) is 5.75 Å². The first-order valence-corrected chi connectivity index (χ1v) is 7.12. The first kappa shape index (κ1) is 16.9. The Hall–Kier alpha value is -1.13. The van der Waals surface area contributed by atoms with Crippen molar-refractivity contribution in [1.82, 2.24) is 4.90 Å². The summed E-state index contributed by atoms with van der Waals surface area (Å²) in [4.78, 5) is 2.21. The maximum Gasteiger partial charge on any atom is 0.165 e. The molecule has 0 fully saturated rings. The van der Waals surface area contributed by atoms with Crippen LogP contribution < -0.4 is 4.74 Å². The molecule has 4 heteroatoms. The van der Waals surface area contributed by atoms with Gasteiger partial charge in [0.15, 0.2) is 11.6 Å². The Morgan fingerprint density at radius 2 is 1.90 bits per heavy atom. The summed E-state index contributed by atoms with van der Waals surface area (Å²) in [5.74, 6) is -0.163. The van der Waals surface area contributed by atoms with Crippen molar-refractivity contribution in [2.24, 2.45) is 0 Å². The van der Waals surface area contributed by atoms with E-state index in [-0.39, 0.29) is 11.3 Å². The summed E-state index contributed by atoms with van der Waals surface area (Å²) in [7, 11) is 1.44. The van der Waals surface area contributed by atoms with E-state index in [2.05, 4.69) is 18.7 Å². The molecule has 0 saturated carbocycles. The summed E-state index contributed by atoms with van der Waals surface area (Å²) < 4.78 is 18.6. The molecule has 0 aliphatic heterocycles. The lowest BCUT2D eigenvalue weighted by Gasteiger charge is -2.41. The number of halogens is 1. The minimum atomic E-state index is -0.560. The Labute approximate surface area is 121 Å². The summed E-state index contributed by atoms with van der Waals surface area (Å²) in [6.07, 6.45) is -0.139. The van der Waals surface area contributed by atoms with Crippen LogP contribution in [-0.2, 0) is 6.42 Å². The monoisotopic (exact) mass is 283 g/mol. The number of nitrogens with zero attached hydrogens (tertiary/aromatic N) is 1. The summed E-state index contributed by atoms with van der Waals surface area (Å²) >= 11 is 0. The highest BCUT2D eigenvalue weighted by atomic mass is 19.1. The Morgan fingerprint density at radius 1 is 1.30 bits per heavy atom. The summed E-state index contributed by atoms with van der Waals surface area (Å²) in [6.45, 7) is 9.93. The van der Waals surface area contributed by atoms with Crippen LogP contribution >= 0.6 is 0 Å². The topological polar surface area (TPSA) is 32.7 Å². The van der Waals surface area contributed by atoms with Crippen molar-refractivity contribution in [3.63, 3.8) is 0 Å². The summed E-state index contributed by atoms with van der Waals surface area (Å²) in [5.41, 5.74) is 0.427. The third-order valence-electron chi connectivity index (χ3n) is 4.04. The molecule has 0 saturated heterocycles. The highest BCUT2D eigenvalue weighted by molar-refractivity contribution is 5.29. The lowest BCUT2D eigenvalue weighted by atomic mass is 9.90. The SMILES string of the molecule is CCN(CC)C(C)(C)C(O)Cc1ccc(OC)c(F)c1.